The van der Waals surface area contributed by atoms with Gasteiger partial charge in [-0.25, -0.2) is 0 Å². The molecule has 102 valence electrons. The third-order valence-electron chi connectivity index (χ3n) is 3.37. The van der Waals surface area contributed by atoms with E-state index in [1.54, 1.807) is 0 Å². The molecule has 0 fully saturated rings. The van der Waals surface area contributed by atoms with Crippen molar-refractivity contribution in [1.82, 2.24) is 0 Å². The van der Waals surface area contributed by atoms with Crippen molar-refractivity contribution in [3.63, 3.8) is 0 Å². The van der Waals surface area contributed by atoms with E-state index in [9.17, 15) is 0 Å². The molecule has 0 saturated heterocycles. The van der Waals surface area contributed by atoms with Crippen LogP contribution in [0.2, 0.25) is 0 Å². The van der Waals surface area contributed by atoms with Gasteiger partial charge in [0.2, 0.25) is 0 Å². The van der Waals surface area contributed by atoms with E-state index in [1.807, 2.05) is 45.3 Å². The van der Waals surface area contributed by atoms with Crippen LogP contribution in [0, 0.1) is 6.92 Å². The van der Waals surface area contributed by atoms with E-state index in [4.69, 9.17) is 0 Å². The lowest BCUT2D eigenvalue weighted by molar-refractivity contribution is 0.891. The quantitative estimate of drug-likeness (QED) is 0.360. The Morgan fingerprint density at radius 1 is 0.700 bits per heavy atom. The van der Waals surface area contributed by atoms with Crippen LogP contribution in [0.1, 0.15) is 29.5 Å². The van der Waals surface area contributed by atoms with E-state index in [-0.39, 0.29) is 0 Å². The molecule has 0 spiro atoms. The first kappa shape index (κ1) is 13.0. The molecule has 0 aromatic carbocycles. The fourth-order valence-electron chi connectivity index (χ4n) is 2.34. The summed E-state index contributed by atoms with van der Waals surface area (Å²) in [7, 11) is 0. The van der Waals surface area contributed by atoms with Gasteiger partial charge in [0, 0.05) is 38.3 Å². The van der Waals surface area contributed by atoms with Crippen molar-refractivity contribution >= 4 is 64.1 Å². The zero-order chi connectivity index (χ0) is 13.9. The van der Waals surface area contributed by atoms with E-state index in [0.717, 1.165) is 0 Å². The first-order valence-corrected chi connectivity index (χ1v) is 9.90. The molecule has 0 saturated carbocycles. The van der Waals surface area contributed by atoms with Crippen LogP contribution < -0.4 is 0 Å². The highest BCUT2D eigenvalue weighted by Gasteiger charge is 2.13. The Labute approximate surface area is 134 Å². The van der Waals surface area contributed by atoms with E-state index < -0.39 is 0 Å². The SMILES string of the molecule is Cc1cc2sc(-c3cc4sc(C(C)C)cc4s3)cc2s1. The van der Waals surface area contributed by atoms with Crippen LogP contribution >= 0.6 is 45.3 Å². The summed E-state index contributed by atoms with van der Waals surface area (Å²) < 4.78 is 5.76. The minimum Gasteiger partial charge on any atom is -0.140 e. The van der Waals surface area contributed by atoms with E-state index in [2.05, 4.69) is 45.0 Å². The molecule has 4 aromatic heterocycles. The lowest BCUT2D eigenvalue weighted by Crippen LogP contribution is -1.77. The monoisotopic (exact) mass is 334 g/mol. The van der Waals surface area contributed by atoms with Gasteiger partial charge in [-0.1, -0.05) is 13.8 Å². The van der Waals surface area contributed by atoms with Gasteiger partial charge in [0.25, 0.3) is 0 Å². The van der Waals surface area contributed by atoms with Crippen molar-refractivity contribution in [2.45, 2.75) is 26.7 Å². The fraction of sp³-hybridized carbons (Fsp3) is 0.250. The van der Waals surface area contributed by atoms with Crippen LogP contribution in [0.15, 0.2) is 24.3 Å². The maximum absolute atomic E-state index is 2.37. The van der Waals surface area contributed by atoms with E-state index in [0.29, 0.717) is 5.92 Å². The molecule has 4 rings (SSSR count). The summed E-state index contributed by atoms with van der Waals surface area (Å²) in [6.45, 7) is 6.73. The third kappa shape index (κ3) is 2.06. The molecule has 4 heteroatoms. The van der Waals surface area contributed by atoms with Crippen molar-refractivity contribution in [1.29, 1.82) is 0 Å². The Balaban J connectivity index is 1.80. The van der Waals surface area contributed by atoms with Gasteiger partial charge in [0.1, 0.15) is 0 Å². The molecule has 4 heterocycles. The standard InChI is InChI=1S/C16H14S4/c1-8(2)10-5-13-14(18-10)7-16(20-13)15-6-12-11(19-15)4-9(3)17-12/h4-8H,1-3H3. The molecule has 0 unspecified atom stereocenters. The van der Waals surface area contributed by atoms with Gasteiger partial charge < -0.3 is 0 Å². The predicted molar refractivity (Wildman–Crippen MR) is 97.2 cm³/mol. The second-order valence-corrected chi connectivity index (χ2v) is 9.91. The second-order valence-electron chi connectivity index (χ2n) is 5.34. The lowest BCUT2D eigenvalue weighted by atomic mass is 10.2. The first-order chi connectivity index (χ1) is 9.60. The highest BCUT2D eigenvalue weighted by atomic mass is 32.1. The van der Waals surface area contributed by atoms with Crippen LogP contribution in [-0.2, 0) is 0 Å². The fourth-order valence-corrected chi connectivity index (χ4v) is 7.14. The van der Waals surface area contributed by atoms with Gasteiger partial charge in [-0.2, -0.15) is 0 Å². The summed E-state index contributed by atoms with van der Waals surface area (Å²) in [6.07, 6.45) is 0. The van der Waals surface area contributed by atoms with Crippen LogP contribution in [0.25, 0.3) is 28.6 Å². The Hall–Kier alpha value is -0.680. The minimum atomic E-state index is 0.637. The molecule has 0 bridgehead atoms. The molecular formula is C16H14S4. The number of rotatable bonds is 2. The van der Waals surface area contributed by atoms with Gasteiger partial charge in [-0.15, -0.1) is 45.3 Å². The maximum atomic E-state index is 2.37. The minimum absolute atomic E-state index is 0.637. The number of hydrogen-bond donors (Lipinski definition) is 0. The Kier molecular flexibility index (Phi) is 3.04. The Morgan fingerprint density at radius 3 is 1.80 bits per heavy atom. The number of thiophene rings is 4. The molecule has 0 aliphatic heterocycles. The normalized spacial score (nSPS) is 12.2. The van der Waals surface area contributed by atoms with Crippen molar-refractivity contribution in [2.24, 2.45) is 0 Å². The smallest absolute Gasteiger partial charge is 0.0464 e. The Bertz CT molecular complexity index is 835. The summed E-state index contributed by atoms with van der Waals surface area (Å²) >= 11 is 7.71. The molecule has 0 amide bonds. The summed E-state index contributed by atoms with van der Waals surface area (Å²) in [4.78, 5) is 5.76. The molecule has 20 heavy (non-hydrogen) atoms. The van der Waals surface area contributed by atoms with Crippen LogP contribution in [-0.4, -0.2) is 0 Å². The Morgan fingerprint density at radius 2 is 1.25 bits per heavy atom. The average Bonchev–Trinajstić information content (AvgIpc) is 3.02. The maximum Gasteiger partial charge on any atom is 0.0464 e. The average molecular weight is 335 g/mol. The van der Waals surface area contributed by atoms with Crippen LogP contribution in [0.5, 0.6) is 0 Å². The predicted octanol–water partition coefficient (Wildman–Crippen LogP) is 7.34. The lowest BCUT2D eigenvalue weighted by Gasteiger charge is -1.96. The summed E-state index contributed by atoms with van der Waals surface area (Å²) in [5.74, 6) is 0.637. The number of fused-ring (bicyclic) bond motifs is 2. The molecule has 0 nitrogen and oxygen atoms in total. The van der Waals surface area contributed by atoms with Gasteiger partial charge in [0.15, 0.2) is 0 Å². The van der Waals surface area contributed by atoms with Crippen LogP contribution in [0.4, 0.5) is 0 Å². The number of hydrogen-bond acceptors (Lipinski definition) is 4. The van der Waals surface area contributed by atoms with Gasteiger partial charge in [-0.05, 0) is 37.1 Å². The summed E-state index contributed by atoms with van der Waals surface area (Å²) in [5, 5.41) is 0. The van der Waals surface area contributed by atoms with E-state index >= 15 is 0 Å². The topological polar surface area (TPSA) is 0 Å². The second kappa shape index (κ2) is 4.67. The van der Waals surface area contributed by atoms with Crippen molar-refractivity contribution in [3.8, 4) is 9.75 Å². The largest absolute Gasteiger partial charge is 0.140 e. The van der Waals surface area contributed by atoms with E-state index in [1.165, 1.54) is 38.3 Å². The zero-order valence-electron chi connectivity index (χ0n) is 11.5. The number of aryl methyl sites for hydroxylation is 1. The molecule has 0 N–H and O–H groups in total. The van der Waals surface area contributed by atoms with Crippen LogP contribution in [0.3, 0.4) is 0 Å². The highest BCUT2D eigenvalue weighted by Crippen LogP contribution is 2.44. The first-order valence-electron chi connectivity index (χ1n) is 6.64. The molecule has 0 aliphatic carbocycles. The summed E-state index contributed by atoms with van der Waals surface area (Å²) in [5.41, 5.74) is 0. The molecular weight excluding hydrogens is 320 g/mol. The molecule has 0 aliphatic rings. The molecule has 0 atom stereocenters. The van der Waals surface area contributed by atoms with Gasteiger partial charge in [0.05, 0.1) is 0 Å². The molecule has 4 aromatic rings. The summed E-state index contributed by atoms with van der Waals surface area (Å²) in [6, 6.07) is 9.41. The van der Waals surface area contributed by atoms with Crippen molar-refractivity contribution in [3.05, 3.63) is 34.0 Å². The highest BCUT2D eigenvalue weighted by molar-refractivity contribution is 7.33. The molecule has 0 radical (unpaired) electrons. The van der Waals surface area contributed by atoms with Crippen molar-refractivity contribution in [2.75, 3.05) is 0 Å². The third-order valence-corrected chi connectivity index (χ3v) is 8.37. The zero-order valence-corrected chi connectivity index (χ0v) is 14.8. The van der Waals surface area contributed by atoms with Gasteiger partial charge in [-0.3, -0.25) is 0 Å². The van der Waals surface area contributed by atoms with Crippen molar-refractivity contribution < 1.29 is 0 Å². The van der Waals surface area contributed by atoms with Gasteiger partial charge >= 0.3 is 0 Å².